The molecule has 5 nitrogen and oxygen atoms in total. The molecule has 0 aliphatic heterocycles. The van der Waals surface area contributed by atoms with Crippen LogP contribution in [-0.2, 0) is 19.5 Å². The summed E-state index contributed by atoms with van der Waals surface area (Å²) in [5, 5.41) is 3.00. The van der Waals surface area contributed by atoms with Gasteiger partial charge in [0.25, 0.3) is 5.91 Å². The van der Waals surface area contributed by atoms with Crippen LogP contribution in [-0.4, -0.2) is 22.6 Å². The minimum Gasteiger partial charge on any atom is -0.497 e. The number of carbonyl (C=O) groups excluding carboxylic acids is 1. The van der Waals surface area contributed by atoms with Crippen LogP contribution >= 0.6 is 0 Å². The van der Waals surface area contributed by atoms with Crippen molar-refractivity contribution >= 4 is 16.9 Å². The summed E-state index contributed by atoms with van der Waals surface area (Å²) < 4.78 is 7.37. The maximum atomic E-state index is 12.6. The number of fused-ring (bicyclic) bond motifs is 1. The monoisotopic (exact) mass is 399 g/mol. The zero-order valence-corrected chi connectivity index (χ0v) is 17.0. The number of carbonyl (C=O) groups is 1. The fourth-order valence-electron chi connectivity index (χ4n) is 3.60. The van der Waals surface area contributed by atoms with Crippen molar-refractivity contribution in [2.24, 2.45) is 0 Å². The fourth-order valence-corrected chi connectivity index (χ4v) is 3.60. The van der Waals surface area contributed by atoms with E-state index in [9.17, 15) is 4.79 Å². The van der Waals surface area contributed by atoms with E-state index in [1.807, 2.05) is 24.3 Å². The van der Waals surface area contributed by atoms with Gasteiger partial charge >= 0.3 is 0 Å². The van der Waals surface area contributed by atoms with Gasteiger partial charge in [0, 0.05) is 12.1 Å². The smallest absolute Gasteiger partial charge is 0.251 e. The lowest BCUT2D eigenvalue weighted by molar-refractivity contribution is 0.0949. The first-order chi connectivity index (χ1) is 14.7. The van der Waals surface area contributed by atoms with Gasteiger partial charge in [0.2, 0.25) is 0 Å². The first-order valence-corrected chi connectivity index (χ1v) is 10.1. The third-order valence-electron chi connectivity index (χ3n) is 5.18. The SMILES string of the molecule is COc1ccc(C(=O)NCc2nc3ccccc3n2CCCc2ccccc2)cc1. The maximum Gasteiger partial charge on any atom is 0.251 e. The Bertz CT molecular complexity index is 1120. The predicted molar refractivity (Wildman–Crippen MR) is 119 cm³/mol. The molecule has 0 unspecified atom stereocenters. The average Bonchev–Trinajstić information content (AvgIpc) is 3.16. The van der Waals surface area contributed by atoms with E-state index < -0.39 is 0 Å². The van der Waals surface area contributed by atoms with Crippen molar-refractivity contribution in [3.63, 3.8) is 0 Å². The molecule has 30 heavy (non-hydrogen) atoms. The summed E-state index contributed by atoms with van der Waals surface area (Å²) in [6.07, 6.45) is 2.01. The van der Waals surface area contributed by atoms with Crippen LogP contribution in [0.1, 0.15) is 28.2 Å². The number of ether oxygens (including phenoxy) is 1. The summed E-state index contributed by atoms with van der Waals surface area (Å²) in [7, 11) is 1.61. The van der Waals surface area contributed by atoms with E-state index in [-0.39, 0.29) is 5.91 Å². The summed E-state index contributed by atoms with van der Waals surface area (Å²) in [6.45, 7) is 1.23. The summed E-state index contributed by atoms with van der Waals surface area (Å²) in [5.74, 6) is 1.47. The van der Waals surface area contributed by atoms with E-state index in [1.54, 1.807) is 31.4 Å². The molecule has 152 valence electrons. The highest BCUT2D eigenvalue weighted by molar-refractivity contribution is 5.94. The highest BCUT2D eigenvalue weighted by atomic mass is 16.5. The molecule has 0 saturated heterocycles. The molecule has 1 heterocycles. The summed E-state index contributed by atoms with van der Waals surface area (Å²) in [5.41, 5.74) is 3.98. The largest absolute Gasteiger partial charge is 0.497 e. The average molecular weight is 399 g/mol. The van der Waals surface area contributed by atoms with Gasteiger partial charge < -0.3 is 14.6 Å². The van der Waals surface area contributed by atoms with E-state index >= 15 is 0 Å². The molecule has 0 spiro atoms. The Morgan fingerprint density at radius 1 is 0.967 bits per heavy atom. The molecule has 0 radical (unpaired) electrons. The number of imidazole rings is 1. The maximum absolute atomic E-state index is 12.6. The number of rotatable bonds is 8. The number of benzene rings is 3. The molecule has 1 N–H and O–H groups in total. The van der Waals surface area contributed by atoms with Gasteiger partial charge in [0.05, 0.1) is 24.7 Å². The Balaban J connectivity index is 1.47. The van der Waals surface area contributed by atoms with Crippen LogP contribution < -0.4 is 10.1 Å². The van der Waals surface area contributed by atoms with Gasteiger partial charge in [-0.3, -0.25) is 4.79 Å². The summed E-state index contributed by atoms with van der Waals surface area (Å²) in [6, 6.07) is 25.7. The van der Waals surface area contributed by atoms with Gasteiger partial charge in [-0.25, -0.2) is 4.98 Å². The minimum absolute atomic E-state index is 0.124. The van der Waals surface area contributed by atoms with E-state index in [4.69, 9.17) is 9.72 Å². The zero-order valence-electron chi connectivity index (χ0n) is 17.0. The van der Waals surface area contributed by atoms with Crippen LogP contribution in [0.15, 0.2) is 78.9 Å². The van der Waals surface area contributed by atoms with Crippen LogP contribution in [0.25, 0.3) is 11.0 Å². The molecule has 5 heteroatoms. The van der Waals surface area contributed by atoms with Gasteiger partial charge in [-0.05, 0) is 54.8 Å². The third kappa shape index (κ3) is 4.51. The van der Waals surface area contributed by atoms with Crippen LogP contribution in [0, 0.1) is 0 Å². The van der Waals surface area contributed by atoms with Crippen molar-refractivity contribution in [3.8, 4) is 5.75 Å². The number of aryl methyl sites for hydroxylation is 2. The highest BCUT2D eigenvalue weighted by Gasteiger charge is 2.12. The van der Waals surface area contributed by atoms with E-state index in [2.05, 4.69) is 40.2 Å². The highest BCUT2D eigenvalue weighted by Crippen LogP contribution is 2.18. The van der Waals surface area contributed by atoms with Crippen LogP contribution in [0.3, 0.4) is 0 Å². The molecule has 0 fully saturated rings. The number of hydrogen-bond acceptors (Lipinski definition) is 3. The second-order valence-electron chi connectivity index (χ2n) is 7.17. The topological polar surface area (TPSA) is 56.1 Å². The van der Waals surface area contributed by atoms with Gasteiger partial charge in [-0.1, -0.05) is 42.5 Å². The molecule has 4 aromatic rings. The molecule has 0 aliphatic carbocycles. The predicted octanol–water partition coefficient (Wildman–Crippen LogP) is 4.61. The lowest BCUT2D eigenvalue weighted by atomic mass is 10.1. The van der Waals surface area contributed by atoms with Crippen molar-refractivity contribution in [1.82, 2.24) is 14.9 Å². The first-order valence-electron chi connectivity index (χ1n) is 10.1. The lowest BCUT2D eigenvalue weighted by Crippen LogP contribution is -2.24. The summed E-state index contributed by atoms with van der Waals surface area (Å²) in [4.78, 5) is 17.3. The molecule has 0 aliphatic rings. The van der Waals surface area contributed by atoms with E-state index in [1.165, 1.54) is 5.56 Å². The van der Waals surface area contributed by atoms with Gasteiger partial charge in [0.15, 0.2) is 0 Å². The Morgan fingerprint density at radius 3 is 2.47 bits per heavy atom. The van der Waals surface area contributed by atoms with E-state index in [0.717, 1.165) is 42.0 Å². The second-order valence-corrected chi connectivity index (χ2v) is 7.17. The zero-order chi connectivity index (χ0) is 20.8. The molecule has 0 atom stereocenters. The molecule has 1 aromatic heterocycles. The molecular weight excluding hydrogens is 374 g/mol. The first kappa shape index (κ1) is 19.7. The van der Waals surface area contributed by atoms with Crippen molar-refractivity contribution < 1.29 is 9.53 Å². The number of nitrogens with one attached hydrogen (secondary N) is 1. The van der Waals surface area contributed by atoms with E-state index in [0.29, 0.717) is 12.1 Å². The van der Waals surface area contributed by atoms with Crippen molar-refractivity contribution in [1.29, 1.82) is 0 Å². The number of para-hydroxylation sites is 2. The Morgan fingerprint density at radius 2 is 1.70 bits per heavy atom. The molecule has 0 bridgehead atoms. The Hall–Kier alpha value is -3.60. The number of methoxy groups -OCH3 is 1. The van der Waals surface area contributed by atoms with Crippen LogP contribution in [0.2, 0.25) is 0 Å². The van der Waals surface area contributed by atoms with Gasteiger partial charge in [-0.15, -0.1) is 0 Å². The number of nitrogens with zero attached hydrogens (tertiary/aromatic N) is 2. The molecular formula is C25H25N3O2. The second kappa shape index (κ2) is 9.27. The van der Waals surface area contributed by atoms with Crippen molar-refractivity contribution in [3.05, 3.63) is 95.8 Å². The standard InChI is InChI=1S/C25H25N3O2/c1-30-21-15-13-20(14-16-21)25(29)26-18-24-27-22-11-5-6-12-23(22)28(24)17-7-10-19-8-3-2-4-9-19/h2-6,8-9,11-16H,7,10,17-18H2,1H3,(H,26,29). The van der Waals surface area contributed by atoms with Gasteiger partial charge in [0.1, 0.15) is 11.6 Å². The molecule has 1 amide bonds. The molecule has 4 rings (SSSR count). The molecule has 3 aromatic carbocycles. The Labute approximate surface area is 176 Å². The number of hydrogen-bond donors (Lipinski definition) is 1. The third-order valence-corrected chi connectivity index (χ3v) is 5.18. The Kier molecular flexibility index (Phi) is 6.09. The number of aromatic nitrogens is 2. The number of amides is 1. The van der Waals surface area contributed by atoms with Crippen LogP contribution in [0.5, 0.6) is 5.75 Å². The fraction of sp³-hybridized carbons (Fsp3) is 0.200. The molecule has 0 saturated carbocycles. The normalized spacial score (nSPS) is 10.8. The lowest BCUT2D eigenvalue weighted by Gasteiger charge is -2.11. The van der Waals surface area contributed by atoms with Gasteiger partial charge in [-0.2, -0.15) is 0 Å². The quantitative estimate of drug-likeness (QED) is 0.471. The minimum atomic E-state index is -0.124. The van der Waals surface area contributed by atoms with Crippen molar-refractivity contribution in [2.45, 2.75) is 25.9 Å². The summed E-state index contributed by atoms with van der Waals surface area (Å²) >= 11 is 0. The van der Waals surface area contributed by atoms with Crippen LogP contribution in [0.4, 0.5) is 0 Å². The van der Waals surface area contributed by atoms with Crippen molar-refractivity contribution in [2.75, 3.05) is 7.11 Å².